The van der Waals surface area contributed by atoms with E-state index < -0.39 is 5.82 Å². The van der Waals surface area contributed by atoms with Crippen LogP contribution in [-0.2, 0) is 0 Å². The molecule has 106 valence electrons. The monoisotopic (exact) mass is 295 g/mol. The Kier molecular flexibility index (Phi) is 3.58. The third-order valence-corrected chi connectivity index (χ3v) is 3.70. The number of nitrogens with one attached hydrogen (secondary N) is 1. The van der Waals surface area contributed by atoms with Gasteiger partial charge >= 0.3 is 0 Å². The van der Waals surface area contributed by atoms with Crippen molar-refractivity contribution in [2.45, 2.75) is 18.9 Å². The summed E-state index contributed by atoms with van der Waals surface area (Å²) >= 11 is 5.77. The molecule has 2 aromatic rings. The third kappa shape index (κ3) is 2.62. The molecule has 1 aliphatic rings. The Labute approximate surface area is 120 Å². The smallest absolute Gasteiger partial charge is 0.245 e. The van der Waals surface area contributed by atoms with Gasteiger partial charge in [0.25, 0.3) is 0 Å². The van der Waals surface area contributed by atoms with Gasteiger partial charge in [0.1, 0.15) is 5.82 Å². The molecule has 0 aliphatic carbocycles. The molecule has 3 N–H and O–H groups in total. The molecule has 1 aromatic carbocycles. The zero-order chi connectivity index (χ0) is 14.1. The molecular weight excluding hydrogens is 281 g/mol. The lowest BCUT2D eigenvalue weighted by molar-refractivity contribution is 0.500. The maximum absolute atomic E-state index is 13.2. The largest absolute Gasteiger partial charge is 0.338 e. The minimum atomic E-state index is -0.447. The summed E-state index contributed by atoms with van der Waals surface area (Å²) in [5.74, 6) is 0.744. The third-order valence-electron chi connectivity index (χ3n) is 3.41. The first-order valence-electron chi connectivity index (χ1n) is 6.52. The van der Waals surface area contributed by atoms with E-state index in [9.17, 15) is 4.39 Å². The molecule has 0 bridgehead atoms. The lowest BCUT2D eigenvalue weighted by atomic mass is 10.1. The van der Waals surface area contributed by atoms with Crippen LogP contribution in [0.25, 0.3) is 11.4 Å². The average Bonchev–Trinajstić information content (AvgIpc) is 2.92. The second-order valence-corrected chi connectivity index (χ2v) is 5.37. The molecule has 1 aromatic heterocycles. The summed E-state index contributed by atoms with van der Waals surface area (Å²) in [6.45, 7) is 1.65. The summed E-state index contributed by atoms with van der Waals surface area (Å²) < 4.78 is 13.2. The van der Waals surface area contributed by atoms with Crippen molar-refractivity contribution in [3.8, 4) is 11.4 Å². The van der Waals surface area contributed by atoms with Gasteiger partial charge in [0.15, 0.2) is 5.82 Å². The fraction of sp³-hybridized carbons (Fsp3) is 0.385. The first kappa shape index (κ1) is 13.3. The van der Waals surface area contributed by atoms with Gasteiger partial charge < -0.3 is 10.6 Å². The van der Waals surface area contributed by atoms with Gasteiger partial charge in [0.2, 0.25) is 5.95 Å². The fourth-order valence-electron chi connectivity index (χ4n) is 2.36. The van der Waals surface area contributed by atoms with Crippen LogP contribution in [0.3, 0.4) is 0 Å². The molecule has 7 heteroatoms. The van der Waals surface area contributed by atoms with Gasteiger partial charge in [0, 0.05) is 24.7 Å². The van der Waals surface area contributed by atoms with Crippen molar-refractivity contribution in [1.29, 1.82) is 0 Å². The topological polar surface area (TPSA) is 70.8 Å². The quantitative estimate of drug-likeness (QED) is 0.891. The van der Waals surface area contributed by atoms with E-state index in [2.05, 4.69) is 20.1 Å². The molecule has 0 saturated carbocycles. The minimum Gasteiger partial charge on any atom is -0.338 e. The molecule has 1 unspecified atom stereocenters. The van der Waals surface area contributed by atoms with Crippen LogP contribution in [0, 0.1) is 5.82 Å². The Bertz CT molecular complexity index is 615. The Morgan fingerprint density at radius 1 is 1.45 bits per heavy atom. The SMILES string of the molecule is NC1CCCN(c2n[nH]c(-c3ccc(F)c(Cl)c3)n2)C1. The highest BCUT2D eigenvalue weighted by atomic mass is 35.5. The van der Waals surface area contributed by atoms with Crippen molar-refractivity contribution in [1.82, 2.24) is 15.2 Å². The van der Waals surface area contributed by atoms with Gasteiger partial charge in [-0.25, -0.2) is 4.39 Å². The van der Waals surface area contributed by atoms with E-state index >= 15 is 0 Å². The van der Waals surface area contributed by atoms with Gasteiger partial charge in [0.05, 0.1) is 5.02 Å². The van der Waals surface area contributed by atoms with E-state index in [-0.39, 0.29) is 11.1 Å². The van der Waals surface area contributed by atoms with Crippen LogP contribution in [0.5, 0.6) is 0 Å². The predicted molar refractivity (Wildman–Crippen MR) is 76.2 cm³/mol. The maximum Gasteiger partial charge on any atom is 0.245 e. The Morgan fingerprint density at radius 2 is 2.30 bits per heavy atom. The average molecular weight is 296 g/mol. The molecule has 0 spiro atoms. The lowest BCUT2D eigenvalue weighted by Gasteiger charge is -2.29. The van der Waals surface area contributed by atoms with E-state index in [4.69, 9.17) is 17.3 Å². The highest BCUT2D eigenvalue weighted by Crippen LogP contribution is 2.24. The number of aromatic nitrogens is 3. The van der Waals surface area contributed by atoms with E-state index in [1.807, 2.05) is 0 Å². The van der Waals surface area contributed by atoms with E-state index in [0.717, 1.165) is 25.9 Å². The molecule has 0 amide bonds. The van der Waals surface area contributed by atoms with Crippen LogP contribution in [-0.4, -0.2) is 34.3 Å². The predicted octanol–water partition coefficient (Wildman–Crippen LogP) is 2.19. The Balaban J connectivity index is 1.84. The number of anilines is 1. The molecular formula is C13H15ClFN5. The summed E-state index contributed by atoms with van der Waals surface area (Å²) in [5.41, 5.74) is 6.66. The maximum atomic E-state index is 13.2. The fourth-order valence-corrected chi connectivity index (χ4v) is 2.54. The number of aromatic amines is 1. The number of nitrogens with two attached hydrogens (primary N) is 1. The van der Waals surface area contributed by atoms with Crippen LogP contribution in [0.15, 0.2) is 18.2 Å². The van der Waals surface area contributed by atoms with Crippen LogP contribution in [0.2, 0.25) is 5.02 Å². The number of H-pyrrole nitrogens is 1. The molecule has 2 heterocycles. The van der Waals surface area contributed by atoms with E-state index in [0.29, 0.717) is 17.3 Å². The summed E-state index contributed by atoms with van der Waals surface area (Å²) in [6, 6.07) is 4.62. The number of hydrogen-bond donors (Lipinski definition) is 2. The highest BCUT2D eigenvalue weighted by molar-refractivity contribution is 6.31. The van der Waals surface area contributed by atoms with E-state index in [1.54, 1.807) is 6.07 Å². The van der Waals surface area contributed by atoms with Gasteiger partial charge in [-0.3, -0.25) is 5.10 Å². The Morgan fingerprint density at radius 3 is 3.05 bits per heavy atom. The van der Waals surface area contributed by atoms with E-state index in [1.165, 1.54) is 12.1 Å². The van der Waals surface area contributed by atoms with Crippen LogP contribution in [0.4, 0.5) is 10.3 Å². The minimum absolute atomic E-state index is 0.0699. The summed E-state index contributed by atoms with van der Waals surface area (Å²) in [5, 5.41) is 7.13. The number of piperidine rings is 1. The number of halogens is 2. The van der Waals surface area contributed by atoms with Gasteiger partial charge in [-0.1, -0.05) is 11.6 Å². The second kappa shape index (κ2) is 5.38. The van der Waals surface area contributed by atoms with Crippen LogP contribution in [0.1, 0.15) is 12.8 Å². The summed E-state index contributed by atoms with van der Waals surface area (Å²) in [4.78, 5) is 6.49. The van der Waals surface area contributed by atoms with Crippen LogP contribution < -0.4 is 10.6 Å². The van der Waals surface area contributed by atoms with Crippen molar-refractivity contribution >= 4 is 17.5 Å². The number of benzene rings is 1. The zero-order valence-corrected chi connectivity index (χ0v) is 11.6. The molecule has 1 atom stereocenters. The first-order chi connectivity index (χ1) is 9.63. The number of hydrogen-bond acceptors (Lipinski definition) is 4. The van der Waals surface area contributed by atoms with Crippen molar-refractivity contribution in [2.75, 3.05) is 18.0 Å². The van der Waals surface area contributed by atoms with Gasteiger partial charge in [-0.05, 0) is 31.0 Å². The van der Waals surface area contributed by atoms with Gasteiger partial charge in [-0.2, -0.15) is 4.98 Å². The second-order valence-electron chi connectivity index (χ2n) is 4.96. The standard InChI is InChI=1S/C13H15ClFN5/c14-10-6-8(3-4-11(10)15)12-17-13(19-18-12)20-5-1-2-9(16)7-20/h3-4,6,9H,1-2,5,7,16H2,(H,17,18,19). The summed E-state index contributed by atoms with van der Waals surface area (Å²) in [6.07, 6.45) is 2.06. The van der Waals surface area contributed by atoms with Crippen molar-refractivity contribution < 1.29 is 4.39 Å². The summed E-state index contributed by atoms with van der Waals surface area (Å²) in [7, 11) is 0. The molecule has 1 fully saturated rings. The lowest BCUT2D eigenvalue weighted by Crippen LogP contribution is -2.43. The molecule has 1 aliphatic heterocycles. The highest BCUT2D eigenvalue weighted by Gasteiger charge is 2.20. The normalized spacial score (nSPS) is 19.4. The van der Waals surface area contributed by atoms with Crippen molar-refractivity contribution in [3.05, 3.63) is 29.0 Å². The Hall–Kier alpha value is -1.66. The van der Waals surface area contributed by atoms with Gasteiger partial charge in [-0.15, -0.1) is 5.10 Å². The zero-order valence-electron chi connectivity index (χ0n) is 10.8. The van der Waals surface area contributed by atoms with Crippen LogP contribution >= 0.6 is 11.6 Å². The number of rotatable bonds is 2. The molecule has 1 saturated heterocycles. The molecule has 20 heavy (non-hydrogen) atoms. The van der Waals surface area contributed by atoms with Crippen molar-refractivity contribution in [2.24, 2.45) is 5.73 Å². The molecule has 5 nitrogen and oxygen atoms in total. The molecule has 3 rings (SSSR count). The number of nitrogens with zero attached hydrogens (tertiary/aromatic N) is 3. The first-order valence-corrected chi connectivity index (χ1v) is 6.89. The molecule has 0 radical (unpaired) electrons. The van der Waals surface area contributed by atoms with Crippen molar-refractivity contribution in [3.63, 3.8) is 0 Å².